The number of aromatic nitrogens is 1. The molecule has 20 heavy (non-hydrogen) atoms. The van der Waals surface area contributed by atoms with Crippen LogP contribution in [-0.4, -0.2) is 13.4 Å². The van der Waals surface area contributed by atoms with Crippen molar-refractivity contribution in [2.45, 2.75) is 11.4 Å². The highest BCUT2D eigenvalue weighted by Gasteiger charge is 2.15. The zero-order valence-electron chi connectivity index (χ0n) is 10.2. The van der Waals surface area contributed by atoms with Gasteiger partial charge in [-0.2, -0.15) is 0 Å². The summed E-state index contributed by atoms with van der Waals surface area (Å²) in [6, 6.07) is 5.52. The monoisotopic (exact) mass is 299 g/mol. The van der Waals surface area contributed by atoms with E-state index in [9.17, 15) is 17.2 Å². The molecule has 2 rings (SSSR count). The molecule has 0 amide bonds. The quantitative estimate of drug-likeness (QED) is 0.898. The Balaban J connectivity index is 2.27. The Labute approximate surface area is 114 Å². The van der Waals surface area contributed by atoms with Crippen LogP contribution in [0.3, 0.4) is 0 Å². The first kappa shape index (κ1) is 14.4. The van der Waals surface area contributed by atoms with E-state index < -0.39 is 21.7 Å². The van der Waals surface area contributed by atoms with E-state index in [2.05, 4.69) is 9.71 Å². The van der Waals surface area contributed by atoms with Crippen molar-refractivity contribution in [1.29, 1.82) is 0 Å². The molecule has 0 aliphatic heterocycles. The number of sulfonamides is 1. The highest BCUT2D eigenvalue weighted by atomic mass is 32.2. The lowest BCUT2D eigenvalue weighted by Crippen LogP contribution is -2.14. The third kappa shape index (κ3) is 3.09. The van der Waals surface area contributed by atoms with Crippen LogP contribution in [0.1, 0.15) is 5.69 Å². The second kappa shape index (κ2) is 5.51. The molecular weight excluding hydrogens is 288 g/mol. The normalized spacial score (nSPS) is 11.3. The van der Waals surface area contributed by atoms with Crippen LogP contribution in [0.5, 0.6) is 0 Å². The third-order valence-electron chi connectivity index (χ3n) is 2.49. The number of anilines is 1. The molecule has 0 atom stereocenters. The van der Waals surface area contributed by atoms with Gasteiger partial charge >= 0.3 is 0 Å². The van der Waals surface area contributed by atoms with E-state index in [1.807, 2.05) is 0 Å². The highest BCUT2D eigenvalue weighted by Crippen LogP contribution is 2.18. The first-order valence-electron chi connectivity index (χ1n) is 5.55. The van der Waals surface area contributed by atoms with Crippen LogP contribution in [0, 0.1) is 11.6 Å². The van der Waals surface area contributed by atoms with E-state index >= 15 is 0 Å². The van der Waals surface area contributed by atoms with E-state index in [-0.39, 0.29) is 17.1 Å². The van der Waals surface area contributed by atoms with Crippen molar-refractivity contribution < 1.29 is 17.2 Å². The molecule has 5 nitrogen and oxygen atoms in total. The molecule has 3 N–H and O–H groups in total. The molecule has 2 aromatic rings. The number of nitrogens with two attached hydrogens (primary N) is 1. The number of hydrogen-bond acceptors (Lipinski definition) is 4. The van der Waals surface area contributed by atoms with E-state index in [0.717, 1.165) is 24.4 Å². The standard InChI is InChI=1S/C12H11F2N3O2S/c13-11-4-2-8(5-12(11)14)17-20(18,19)10-3-1-9(6-15)16-7-10/h1-5,7,17H,6,15H2. The summed E-state index contributed by atoms with van der Waals surface area (Å²) < 4.78 is 51.9. The lowest BCUT2D eigenvalue weighted by Gasteiger charge is -2.08. The van der Waals surface area contributed by atoms with Gasteiger partial charge in [0, 0.05) is 18.8 Å². The van der Waals surface area contributed by atoms with Gasteiger partial charge in [-0.25, -0.2) is 17.2 Å². The lowest BCUT2D eigenvalue weighted by atomic mass is 10.3. The van der Waals surface area contributed by atoms with Gasteiger partial charge in [-0.1, -0.05) is 0 Å². The van der Waals surface area contributed by atoms with E-state index in [4.69, 9.17) is 5.73 Å². The fourth-order valence-electron chi connectivity index (χ4n) is 1.46. The molecule has 1 heterocycles. The summed E-state index contributed by atoms with van der Waals surface area (Å²) in [7, 11) is -3.91. The van der Waals surface area contributed by atoms with Gasteiger partial charge < -0.3 is 5.73 Å². The van der Waals surface area contributed by atoms with Crippen molar-refractivity contribution in [3.63, 3.8) is 0 Å². The average Bonchev–Trinajstić information content (AvgIpc) is 2.43. The molecule has 1 aromatic carbocycles. The molecule has 8 heteroatoms. The Bertz CT molecular complexity index is 718. The Hall–Kier alpha value is -2.06. The van der Waals surface area contributed by atoms with Gasteiger partial charge in [0.05, 0.1) is 11.4 Å². The first-order chi connectivity index (χ1) is 9.42. The van der Waals surface area contributed by atoms with Crippen molar-refractivity contribution in [3.8, 4) is 0 Å². The van der Waals surface area contributed by atoms with Crippen LogP contribution in [0.4, 0.5) is 14.5 Å². The van der Waals surface area contributed by atoms with Crippen LogP contribution in [-0.2, 0) is 16.6 Å². The lowest BCUT2D eigenvalue weighted by molar-refractivity contribution is 0.509. The van der Waals surface area contributed by atoms with Gasteiger partial charge in [-0.3, -0.25) is 9.71 Å². The summed E-state index contributed by atoms with van der Waals surface area (Å²) in [6.07, 6.45) is 1.14. The predicted molar refractivity (Wildman–Crippen MR) is 69.3 cm³/mol. The number of nitrogens with one attached hydrogen (secondary N) is 1. The summed E-state index contributed by atoms with van der Waals surface area (Å²) in [5.74, 6) is -2.19. The summed E-state index contributed by atoms with van der Waals surface area (Å²) in [6.45, 7) is 0.191. The summed E-state index contributed by atoms with van der Waals surface area (Å²) in [5, 5.41) is 0. The molecular formula is C12H11F2N3O2S. The van der Waals surface area contributed by atoms with Crippen molar-refractivity contribution in [2.75, 3.05) is 4.72 Å². The number of benzene rings is 1. The highest BCUT2D eigenvalue weighted by molar-refractivity contribution is 7.92. The smallest absolute Gasteiger partial charge is 0.263 e. The summed E-state index contributed by atoms with van der Waals surface area (Å²) in [4.78, 5) is 3.76. The molecule has 1 aromatic heterocycles. The Morgan fingerprint density at radius 1 is 1.15 bits per heavy atom. The Morgan fingerprint density at radius 3 is 2.45 bits per heavy atom. The minimum Gasteiger partial charge on any atom is -0.325 e. The maximum Gasteiger partial charge on any atom is 0.263 e. The first-order valence-corrected chi connectivity index (χ1v) is 7.03. The topological polar surface area (TPSA) is 85.1 Å². The number of halogens is 2. The second-order valence-corrected chi connectivity index (χ2v) is 5.61. The van der Waals surface area contributed by atoms with Gasteiger partial charge in [0.15, 0.2) is 11.6 Å². The van der Waals surface area contributed by atoms with E-state index in [0.29, 0.717) is 5.69 Å². The molecule has 0 saturated heterocycles. The zero-order chi connectivity index (χ0) is 14.8. The van der Waals surface area contributed by atoms with Crippen molar-refractivity contribution in [1.82, 2.24) is 4.98 Å². The Morgan fingerprint density at radius 2 is 1.90 bits per heavy atom. The number of rotatable bonds is 4. The maximum absolute atomic E-state index is 13.0. The molecule has 0 radical (unpaired) electrons. The molecule has 0 bridgehead atoms. The van der Waals surface area contributed by atoms with Crippen molar-refractivity contribution in [3.05, 3.63) is 53.9 Å². The van der Waals surface area contributed by atoms with Gasteiger partial charge in [0.1, 0.15) is 4.90 Å². The average molecular weight is 299 g/mol. The molecule has 0 aliphatic rings. The molecule has 0 aliphatic carbocycles. The number of nitrogens with zero attached hydrogens (tertiary/aromatic N) is 1. The maximum atomic E-state index is 13.0. The number of hydrogen-bond donors (Lipinski definition) is 2. The van der Waals surface area contributed by atoms with Crippen LogP contribution in [0.25, 0.3) is 0 Å². The predicted octanol–water partition coefficient (Wildman–Crippen LogP) is 1.62. The van der Waals surface area contributed by atoms with Gasteiger partial charge in [-0.05, 0) is 24.3 Å². The van der Waals surface area contributed by atoms with Crippen molar-refractivity contribution in [2.24, 2.45) is 5.73 Å². The van der Waals surface area contributed by atoms with Crippen LogP contribution in [0.15, 0.2) is 41.4 Å². The fraction of sp³-hybridized carbons (Fsp3) is 0.0833. The van der Waals surface area contributed by atoms with Crippen molar-refractivity contribution >= 4 is 15.7 Å². The SMILES string of the molecule is NCc1ccc(S(=O)(=O)Nc2ccc(F)c(F)c2)cn1. The third-order valence-corrected chi connectivity index (χ3v) is 3.86. The molecule has 0 spiro atoms. The van der Waals surface area contributed by atoms with Crippen LogP contribution in [0.2, 0.25) is 0 Å². The van der Waals surface area contributed by atoms with Crippen LogP contribution >= 0.6 is 0 Å². The fourth-order valence-corrected chi connectivity index (χ4v) is 2.46. The Kier molecular flexibility index (Phi) is 3.96. The summed E-state index contributed by atoms with van der Waals surface area (Å²) in [5.41, 5.74) is 5.82. The molecule has 0 saturated carbocycles. The second-order valence-electron chi connectivity index (χ2n) is 3.92. The summed E-state index contributed by atoms with van der Waals surface area (Å²) >= 11 is 0. The zero-order valence-corrected chi connectivity index (χ0v) is 11.0. The van der Waals surface area contributed by atoms with E-state index in [1.54, 1.807) is 0 Å². The van der Waals surface area contributed by atoms with Gasteiger partial charge in [0.25, 0.3) is 10.0 Å². The molecule has 106 valence electrons. The largest absolute Gasteiger partial charge is 0.325 e. The molecule has 0 fully saturated rings. The van der Waals surface area contributed by atoms with Gasteiger partial charge in [-0.15, -0.1) is 0 Å². The molecule has 0 unspecified atom stereocenters. The minimum atomic E-state index is -3.91. The number of pyridine rings is 1. The minimum absolute atomic E-state index is 0.0770. The van der Waals surface area contributed by atoms with E-state index in [1.165, 1.54) is 12.1 Å². The van der Waals surface area contributed by atoms with Crippen LogP contribution < -0.4 is 10.5 Å². The van der Waals surface area contributed by atoms with Gasteiger partial charge in [0.2, 0.25) is 0 Å².